The highest BCUT2D eigenvalue weighted by Crippen LogP contribution is 2.32. The van der Waals surface area contributed by atoms with Crippen LogP contribution >= 0.6 is 27.5 Å². The van der Waals surface area contributed by atoms with Gasteiger partial charge in [-0.15, -0.1) is 0 Å². The number of aliphatic hydroxyl groups is 1. The standard InChI is InChI=1S/C27H31BrClN3O2/c1-3-7-18(21-9-4-5-10-23(21)29)15-30-27(34)25-17(2)26(32-13-6-8-20(33)16-32)31-24-12-11-19(28)14-22(24)25/h4-5,9-12,14,18,20,33H,3,6-8,13,15-16H2,1-2H3,(H,30,34). The molecule has 0 saturated carbocycles. The highest BCUT2D eigenvalue weighted by atomic mass is 79.9. The van der Waals surface area contributed by atoms with Crippen LogP contribution in [0.3, 0.4) is 0 Å². The number of anilines is 1. The van der Waals surface area contributed by atoms with Gasteiger partial charge < -0.3 is 15.3 Å². The molecule has 34 heavy (non-hydrogen) atoms. The van der Waals surface area contributed by atoms with Crippen LogP contribution in [0.1, 0.15) is 60.0 Å². The summed E-state index contributed by atoms with van der Waals surface area (Å²) < 4.78 is 0.899. The Bertz CT molecular complexity index is 1190. The zero-order valence-corrected chi connectivity index (χ0v) is 22.0. The smallest absolute Gasteiger partial charge is 0.252 e. The van der Waals surface area contributed by atoms with E-state index in [1.54, 1.807) is 0 Å². The summed E-state index contributed by atoms with van der Waals surface area (Å²) in [4.78, 5) is 20.7. The number of fused-ring (bicyclic) bond motifs is 1. The predicted molar refractivity (Wildman–Crippen MR) is 143 cm³/mol. The van der Waals surface area contributed by atoms with Crippen LogP contribution in [0.15, 0.2) is 46.9 Å². The van der Waals surface area contributed by atoms with E-state index in [1.165, 1.54) is 0 Å². The predicted octanol–water partition coefficient (Wildman–Crippen LogP) is 6.23. The van der Waals surface area contributed by atoms with Crippen molar-refractivity contribution in [3.05, 3.63) is 68.7 Å². The topological polar surface area (TPSA) is 65.5 Å². The van der Waals surface area contributed by atoms with Gasteiger partial charge >= 0.3 is 0 Å². The summed E-state index contributed by atoms with van der Waals surface area (Å²) in [6, 6.07) is 13.7. The first-order valence-corrected chi connectivity index (χ1v) is 13.1. The molecule has 1 saturated heterocycles. The molecular formula is C27H31BrClN3O2. The first-order chi connectivity index (χ1) is 16.4. The molecule has 2 heterocycles. The molecule has 1 aliphatic heterocycles. The monoisotopic (exact) mass is 543 g/mol. The molecule has 3 aromatic rings. The van der Waals surface area contributed by atoms with Gasteiger partial charge in [0.2, 0.25) is 0 Å². The number of piperidine rings is 1. The van der Waals surface area contributed by atoms with Crippen LogP contribution in [0.2, 0.25) is 5.02 Å². The highest BCUT2D eigenvalue weighted by Gasteiger charge is 2.25. The Morgan fingerprint density at radius 1 is 1.32 bits per heavy atom. The molecule has 2 aromatic carbocycles. The third kappa shape index (κ3) is 5.40. The zero-order valence-electron chi connectivity index (χ0n) is 19.7. The first-order valence-electron chi connectivity index (χ1n) is 11.9. The van der Waals surface area contributed by atoms with Crippen LogP contribution in [-0.4, -0.2) is 41.7 Å². The van der Waals surface area contributed by atoms with Crippen molar-refractivity contribution in [2.75, 3.05) is 24.5 Å². The molecule has 1 aliphatic rings. The Hall–Kier alpha value is -2.15. The number of pyridine rings is 1. The Labute approximate surface area is 214 Å². The van der Waals surface area contributed by atoms with Gasteiger partial charge in [-0.2, -0.15) is 0 Å². The molecule has 0 spiro atoms. The Morgan fingerprint density at radius 2 is 2.12 bits per heavy atom. The van der Waals surface area contributed by atoms with Crippen molar-refractivity contribution in [1.82, 2.24) is 10.3 Å². The van der Waals surface area contributed by atoms with Gasteiger partial charge in [0, 0.05) is 46.0 Å². The van der Waals surface area contributed by atoms with Gasteiger partial charge in [-0.25, -0.2) is 4.98 Å². The van der Waals surface area contributed by atoms with Gasteiger partial charge in [-0.05, 0) is 56.0 Å². The number of hydrogen-bond acceptors (Lipinski definition) is 4. The number of nitrogens with one attached hydrogen (secondary N) is 1. The van der Waals surface area contributed by atoms with Gasteiger partial charge in [-0.1, -0.05) is 59.1 Å². The molecule has 0 bridgehead atoms. The molecule has 0 aliphatic carbocycles. The maximum absolute atomic E-state index is 13.7. The van der Waals surface area contributed by atoms with E-state index in [1.807, 2.05) is 49.4 Å². The molecule has 1 aromatic heterocycles. The fourth-order valence-corrected chi connectivity index (χ4v) is 5.54. The summed E-state index contributed by atoms with van der Waals surface area (Å²) in [7, 11) is 0. The minimum absolute atomic E-state index is 0.116. The summed E-state index contributed by atoms with van der Waals surface area (Å²) >= 11 is 10.0. The molecule has 180 valence electrons. The number of nitrogens with zero attached hydrogens (tertiary/aromatic N) is 2. The van der Waals surface area contributed by atoms with Crippen molar-refractivity contribution in [2.24, 2.45) is 0 Å². The molecular weight excluding hydrogens is 514 g/mol. The number of β-amino-alcohol motifs (C(OH)–C–C–N with tert-alkyl or cyclic N) is 1. The van der Waals surface area contributed by atoms with Gasteiger partial charge in [0.15, 0.2) is 0 Å². The van der Waals surface area contributed by atoms with Crippen molar-refractivity contribution in [2.45, 2.75) is 51.6 Å². The fraction of sp³-hybridized carbons (Fsp3) is 0.407. The number of aromatic nitrogens is 1. The van der Waals surface area contributed by atoms with Crippen molar-refractivity contribution < 1.29 is 9.90 Å². The van der Waals surface area contributed by atoms with E-state index in [0.717, 1.165) is 69.6 Å². The number of amides is 1. The van der Waals surface area contributed by atoms with E-state index in [2.05, 4.69) is 33.1 Å². The van der Waals surface area contributed by atoms with E-state index in [0.29, 0.717) is 18.7 Å². The van der Waals surface area contributed by atoms with Crippen LogP contribution in [0.25, 0.3) is 10.9 Å². The largest absolute Gasteiger partial charge is 0.391 e. The lowest BCUT2D eigenvalue weighted by molar-refractivity contribution is 0.0951. The average Bonchev–Trinajstić information content (AvgIpc) is 2.81. The summed E-state index contributed by atoms with van der Waals surface area (Å²) in [5, 5.41) is 15.0. The Kier molecular flexibility index (Phi) is 8.12. The number of carbonyl (C=O) groups excluding carboxylic acids is 1. The summed E-state index contributed by atoms with van der Waals surface area (Å²) in [6.07, 6.45) is 3.25. The molecule has 1 fully saturated rings. The summed E-state index contributed by atoms with van der Waals surface area (Å²) in [5.41, 5.74) is 3.30. The highest BCUT2D eigenvalue weighted by molar-refractivity contribution is 9.10. The third-order valence-electron chi connectivity index (χ3n) is 6.58. The van der Waals surface area contributed by atoms with E-state index in [9.17, 15) is 9.90 Å². The number of benzene rings is 2. The van der Waals surface area contributed by atoms with E-state index >= 15 is 0 Å². The number of aliphatic hydroxyl groups excluding tert-OH is 1. The maximum Gasteiger partial charge on any atom is 0.252 e. The quantitative estimate of drug-likeness (QED) is 0.370. The van der Waals surface area contributed by atoms with Crippen LogP contribution in [-0.2, 0) is 0 Å². The second-order valence-corrected chi connectivity index (χ2v) is 10.4. The molecule has 4 rings (SSSR count). The molecule has 2 unspecified atom stereocenters. The summed E-state index contributed by atoms with van der Waals surface area (Å²) in [6.45, 7) is 5.95. The normalized spacial score (nSPS) is 17.1. The molecule has 2 N–H and O–H groups in total. The number of hydrogen-bond donors (Lipinski definition) is 2. The van der Waals surface area contributed by atoms with E-state index in [4.69, 9.17) is 16.6 Å². The van der Waals surface area contributed by atoms with Crippen molar-refractivity contribution in [1.29, 1.82) is 0 Å². The maximum atomic E-state index is 13.7. The van der Waals surface area contributed by atoms with Gasteiger partial charge in [0.05, 0.1) is 17.2 Å². The van der Waals surface area contributed by atoms with E-state index in [-0.39, 0.29) is 17.9 Å². The minimum Gasteiger partial charge on any atom is -0.391 e. The number of halogens is 2. The number of carbonyl (C=O) groups is 1. The lowest BCUT2D eigenvalue weighted by Crippen LogP contribution is -2.39. The molecule has 7 heteroatoms. The number of rotatable bonds is 7. The lowest BCUT2D eigenvalue weighted by atomic mass is 9.94. The third-order valence-corrected chi connectivity index (χ3v) is 7.42. The van der Waals surface area contributed by atoms with Crippen molar-refractivity contribution in [3.63, 3.8) is 0 Å². The van der Waals surface area contributed by atoms with Gasteiger partial charge in [0.1, 0.15) is 5.82 Å². The SMILES string of the molecule is CCCC(CNC(=O)c1c(C)c(N2CCCC(O)C2)nc2ccc(Br)cc12)c1ccccc1Cl. The van der Waals surface area contributed by atoms with Crippen molar-refractivity contribution >= 4 is 50.2 Å². The van der Waals surface area contributed by atoms with Crippen LogP contribution < -0.4 is 10.2 Å². The molecule has 2 atom stereocenters. The van der Waals surface area contributed by atoms with Crippen molar-refractivity contribution in [3.8, 4) is 0 Å². The van der Waals surface area contributed by atoms with Gasteiger partial charge in [0.25, 0.3) is 5.91 Å². The Balaban J connectivity index is 1.69. The Morgan fingerprint density at radius 3 is 2.85 bits per heavy atom. The zero-order chi connectivity index (χ0) is 24.2. The van der Waals surface area contributed by atoms with Crippen LogP contribution in [0, 0.1) is 6.92 Å². The second kappa shape index (κ2) is 11.1. The average molecular weight is 545 g/mol. The van der Waals surface area contributed by atoms with Gasteiger partial charge in [-0.3, -0.25) is 4.79 Å². The van der Waals surface area contributed by atoms with Crippen LogP contribution in [0.5, 0.6) is 0 Å². The molecule has 1 amide bonds. The fourth-order valence-electron chi connectivity index (χ4n) is 4.89. The minimum atomic E-state index is -0.377. The molecule has 0 radical (unpaired) electrons. The first kappa shape index (κ1) is 25.0. The lowest BCUT2D eigenvalue weighted by Gasteiger charge is -2.32. The van der Waals surface area contributed by atoms with Crippen LogP contribution in [0.4, 0.5) is 5.82 Å². The second-order valence-electron chi connectivity index (χ2n) is 9.06. The molecule has 5 nitrogen and oxygen atoms in total. The summed E-state index contributed by atoms with van der Waals surface area (Å²) in [5.74, 6) is 0.796. The van der Waals surface area contributed by atoms with E-state index < -0.39 is 0 Å².